The van der Waals surface area contributed by atoms with Crippen LogP contribution in [0.5, 0.6) is 0 Å². The van der Waals surface area contributed by atoms with Gasteiger partial charge < -0.3 is 5.73 Å². The molecule has 0 amide bonds. The zero-order chi connectivity index (χ0) is 9.68. The zero-order valence-electron chi connectivity index (χ0n) is 7.72. The largest absolute Gasteiger partial charge is 0.396 e. The van der Waals surface area contributed by atoms with Crippen molar-refractivity contribution in [1.82, 2.24) is 0 Å². The summed E-state index contributed by atoms with van der Waals surface area (Å²) in [4.78, 5) is 0.958. The summed E-state index contributed by atoms with van der Waals surface area (Å²) in [5.74, 6) is 0.723. The smallest absolute Gasteiger partial charge is 0.147 e. The van der Waals surface area contributed by atoms with Crippen molar-refractivity contribution in [3.8, 4) is 0 Å². The quantitative estimate of drug-likeness (QED) is 0.457. The van der Waals surface area contributed by atoms with Crippen molar-refractivity contribution < 1.29 is 4.39 Å². The molecule has 0 unspecified atom stereocenters. The summed E-state index contributed by atoms with van der Waals surface area (Å²) in [5, 5.41) is 0. The molecule has 1 rings (SSSR count). The third-order valence-corrected chi connectivity index (χ3v) is 2.82. The van der Waals surface area contributed by atoms with Gasteiger partial charge in [0.2, 0.25) is 0 Å². The Hall–Kier alpha value is -0.700. The highest BCUT2D eigenvalue weighted by atomic mass is 32.2. The maximum Gasteiger partial charge on any atom is 0.147 e. The van der Waals surface area contributed by atoms with E-state index in [0.29, 0.717) is 0 Å². The molecule has 13 heavy (non-hydrogen) atoms. The second kappa shape index (κ2) is 5.12. The highest BCUT2D eigenvalue weighted by Gasteiger charge is 1.99. The van der Waals surface area contributed by atoms with E-state index in [1.807, 2.05) is 6.07 Å². The lowest BCUT2D eigenvalue weighted by atomic mass is 10.3. The van der Waals surface area contributed by atoms with Crippen molar-refractivity contribution in [2.24, 2.45) is 0 Å². The molecule has 0 saturated heterocycles. The number of rotatable bonds is 4. The molecule has 1 aromatic carbocycles. The van der Waals surface area contributed by atoms with Gasteiger partial charge in [-0.05, 0) is 30.4 Å². The number of anilines is 1. The van der Waals surface area contributed by atoms with Crippen LogP contribution in [0.15, 0.2) is 23.1 Å². The first-order valence-corrected chi connectivity index (χ1v) is 5.40. The second-order valence-electron chi connectivity index (χ2n) is 2.89. The predicted molar refractivity (Wildman–Crippen MR) is 56.4 cm³/mol. The monoisotopic (exact) mass is 199 g/mol. The molecule has 0 spiro atoms. The predicted octanol–water partition coefficient (Wildman–Crippen LogP) is 3.30. The van der Waals surface area contributed by atoms with Crippen LogP contribution < -0.4 is 5.73 Å². The number of hydrogen-bond donors (Lipinski definition) is 1. The Labute approximate surface area is 82.5 Å². The number of hydrogen-bond acceptors (Lipinski definition) is 2. The Kier molecular flexibility index (Phi) is 4.09. The van der Waals surface area contributed by atoms with Crippen LogP contribution >= 0.6 is 11.8 Å². The molecule has 0 aliphatic carbocycles. The lowest BCUT2D eigenvalue weighted by Gasteiger charge is -2.01. The van der Waals surface area contributed by atoms with Gasteiger partial charge in [-0.15, -0.1) is 11.8 Å². The van der Waals surface area contributed by atoms with Crippen LogP contribution in [0.1, 0.15) is 19.8 Å². The number of halogens is 1. The summed E-state index contributed by atoms with van der Waals surface area (Å²) in [7, 11) is 0. The van der Waals surface area contributed by atoms with Gasteiger partial charge in [-0.25, -0.2) is 4.39 Å². The molecule has 2 N–H and O–H groups in total. The molecule has 0 atom stereocenters. The van der Waals surface area contributed by atoms with Gasteiger partial charge in [0.15, 0.2) is 0 Å². The van der Waals surface area contributed by atoms with Gasteiger partial charge >= 0.3 is 0 Å². The van der Waals surface area contributed by atoms with E-state index in [4.69, 9.17) is 5.73 Å². The fourth-order valence-electron chi connectivity index (χ4n) is 0.932. The standard InChI is InChI=1S/C10H14FNS/c1-2-3-6-13-8-4-5-10(12)9(11)7-8/h4-5,7H,2-3,6,12H2,1H3. The van der Waals surface area contributed by atoms with Crippen molar-refractivity contribution in [1.29, 1.82) is 0 Å². The van der Waals surface area contributed by atoms with Crippen molar-refractivity contribution >= 4 is 17.4 Å². The van der Waals surface area contributed by atoms with E-state index in [1.165, 1.54) is 12.5 Å². The van der Waals surface area contributed by atoms with Crippen LogP contribution in [0.3, 0.4) is 0 Å². The highest BCUT2D eigenvalue weighted by Crippen LogP contribution is 2.22. The summed E-state index contributed by atoms with van der Waals surface area (Å²) in [6.07, 6.45) is 2.33. The average molecular weight is 199 g/mol. The van der Waals surface area contributed by atoms with E-state index < -0.39 is 0 Å². The van der Waals surface area contributed by atoms with Crippen LogP contribution in [-0.2, 0) is 0 Å². The normalized spacial score (nSPS) is 10.3. The SMILES string of the molecule is CCCCSc1ccc(N)c(F)c1. The molecule has 0 aliphatic rings. The van der Waals surface area contributed by atoms with Crippen LogP contribution in [0.25, 0.3) is 0 Å². The van der Waals surface area contributed by atoms with Gasteiger partial charge in [0.25, 0.3) is 0 Å². The third-order valence-electron chi connectivity index (χ3n) is 1.74. The Morgan fingerprint density at radius 1 is 1.46 bits per heavy atom. The molecule has 0 aliphatic heterocycles. The molecular formula is C10H14FNS. The molecule has 0 aromatic heterocycles. The maximum absolute atomic E-state index is 13.0. The van der Waals surface area contributed by atoms with Crippen LogP contribution in [0.2, 0.25) is 0 Å². The Balaban J connectivity index is 2.53. The van der Waals surface area contributed by atoms with E-state index in [9.17, 15) is 4.39 Å². The first kappa shape index (κ1) is 10.4. The van der Waals surface area contributed by atoms with E-state index in [-0.39, 0.29) is 11.5 Å². The second-order valence-corrected chi connectivity index (χ2v) is 4.05. The summed E-state index contributed by atoms with van der Waals surface area (Å²) < 4.78 is 13.0. The van der Waals surface area contributed by atoms with Gasteiger partial charge in [-0.1, -0.05) is 13.3 Å². The minimum Gasteiger partial charge on any atom is -0.396 e. The van der Waals surface area contributed by atoms with E-state index in [0.717, 1.165) is 17.1 Å². The van der Waals surface area contributed by atoms with Gasteiger partial charge in [0.05, 0.1) is 5.69 Å². The summed E-state index contributed by atoms with van der Waals surface area (Å²) in [6.45, 7) is 2.14. The van der Waals surface area contributed by atoms with Gasteiger partial charge in [-0.2, -0.15) is 0 Å². The lowest BCUT2D eigenvalue weighted by Crippen LogP contribution is -1.90. The lowest BCUT2D eigenvalue weighted by molar-refractivity contribution is 0.629. The fraction of sp³-hybridized carbons (Fsp3) is 0.400. The van der Waals surface area contributed by atoms with E-state index in [2.05, 4.69) is 6.92 Å². The van der Waals surface area contributed by atoms with Crippen molar-refractivity contribution in [2.75, 3.05) is 11.5 Å². The topological polar surface area (TPSA) is 26.0 Å². The summed E-state index contributed by atoms with van der Waals surface area (Å²) in [5.41, 5.74) is 5.58. The Bertz CT molecular complexity index is 276. The third kappa shape index (κ3) is 3.27. The number of nitrogen functional groups attached to an aromatic ring is 1. The van der Waals surface area contributed by atoms with Crippen LogP contribution in [-0.4, -0.2) is 5.75 Å². The Morgan fingerprint density at radius 3 is 2.85 bits per heavy atom. The molecule has 1 aromatic rings. The Morgan fingerprint density at radius 2 is 2.23 bits per heavy atom. The fourth-order valence-corrected chi connectivity index (χ4v) is 1.95. The number of benzene rings is 1. The number of thioether (sulfide) groups is 1. The summed E-state index contributed by atoms with van der Waals surface area (Å²) in [6, 6.07) is 4.97. The van der Waals surface area contributed by atoms with Gasteiger partial charge in [0, 0.05) is 4.90 Å². The highest BCUT2D eigenvalue weighted by molar-refractivity contribution is 7.99. The molecular weight excluding hydrogens is 185 g/mol. The van der Waals surface area contributed by atoms with Gasteiger partial charge in [-0.3, -0.25) is 0 Å². The van der Waals surface area contributed by atoms with Crippen LogP contribution in [0.4, 0.5) is 10.1 Å². The molecule has 0 bridgehead atoms. The first-order valence-electron chi connectivity index (χ1n) is 4.42. The molecule has 0 fully saturated rings. The van der Waals surface area contributed by atoms with Gasteiger partial charge in [0.1, 0.15) is 5.82 Å². The van der Waals surface area contributed by atoms with E-state index >= 15 is 0 Å². The number of nitrogens with two attached hydrogens (primary N) is 1. The van der Waals surface area contributed by atoms with Crippen molar-refractivity contribution in [3.05, 3.63) is 24.0 Å². The molecule has 0 radical (unpaired) electrons. The van der Waals surface area contributed by atoms with Crippen molar-refractivity contribution in [2.45, 2.75) is 24.7 Å². The first-order chi connectivity index (χ1) is 6.24. The molecule has 0 saturated carbocycles. The minimum absolute atomic E-state index is 0.222. The molecule has 0 heterocycles. The van der Waals surface area contributed by atoms with E-state index in [1.54, 1.807) is 17.8 Å². The molecule has 72 valence electrons. The molecule has 3 heteroatoms. The minimum atomic E-state index is -0.318. The van der Waals surface area contributed by atoms with Crippen molar-refractivity contribution in [3.63, 3.8) is 0 Å². The van der Waals surface area contributed by atoms with Crippen LogP contribution in [0, 0.1) is 5.82 Å². The maximum atomic E-state index is 13.0. The number of unbranched alkanes of at least 4 members (excludes halogenated alkanes) is 1. The molecule has 1 nitrogen and oxygen atoms in total. The average Bonchev–Trinajstić information content (AvgIpc) is 2.12. The zero-order valence-corrected chi connectivity index (χ0v) is 8.53. The summed E-state index contributed by atoms with van der Waals surface area (Å²) >= 11 is 1.67.